The van der Waals surface area contributed by atoms with Gasteiger partial charge in [0.05, 0.1) is 12.1 Å². The molecule has 14 heavy (non-hydrogen) atoms. The van der Waals surface area contributed by atoms with Gasteiger partial charge < -0.3 is 5.32 Å². The van der Waals surface area contributed by atoms with E-state index in [2.05, 4.69) is 5.32 Å². The summed E-state index contributed by atoms with van der Waals surface area (Å²) in [5.74, 6) is -4.98. The van der Waals surface area contributed by atoms with Gasteiger partial charge in [-0.1, -0.05) is 0 Å². The Morgan fingerprint density at radius 3 is 2.50 bits per heavy atom. The van der Waals surface area contributed by atoms with Crippen molar-refractivity contribution < 1.29 is 18.0 Å². The number of hydrogen-bond donors (Lipinski definition) is 1. The first kappa shape index (κ1) is 10.7. The van der Waals surface area contributed by atoms with Crippen LogP contribution in [0.1, 0.15) is 10.4 Å². The summed E-state index contributed by atoms with van der Waals surface area (Å²) < 4.78 is 38.1. The number of ketones is 1. The standard InChI is InChI=1S/C9H8F3NO/c1-13-4-7(14)5-2-3-6(10)9(12)8(5)11/h2-3,13H,4H2,1H3. The van der Waals surface area contributed by atoms with Gasteiger partial charge in [-0.15, -0.1) is 0 Å². The van der Waals surface area contributed by atoms with Gasteiger partial charge >= 0.3 is 0 Å². The van der Waals surface area contributed by atoms with E-state index in [1.54, 1.807) is 0 Å². The van der Waals surface area contributed by atoms with E-state index in [1.807, 2.05) is 0 Å². The van der Waals surface area contributed by atoms with Gasteiger partial charge in [0.15, 0.2) is 23.2 Å². The predicted molar refractivity (Wildman–Crippen MR) is 44.6 cm³/mol. The molecule has 0 amide bonds. The minimum Gasteiger partial charge on any atom is -0.313 e. The molecule has 0 saturated heterocycles. The number of rotatable bonds is 3. The van der Waals surface area contributed by atoms with Crippen LogP contribution in [-0.2, 0) is 0 Å². The SMILES string of the molecule is CNCC(=O)c1ccc(F)c(F)c1F. The van der Waals surface area contributed by atoms with Crippen molar-refractivity contribution in [3.63, 3.8) is 0 Å². The fourth-order valence-corrected chi connectivity index (χ4v) is 0.997. The maximum atomic E-state index is 13.0. The average Bonchev–Trinajstić information content (AvgIpc) is 2.15. The molecule has 0 aliphatic carbocycles. The lowest BCUT2D eigenvalue weighted by atomic mass is 10.1. The number of benzene rings is 1. The lowest BCUT2D eigenvalue weighted by Crippen LogP contribution is -2.20. The van der Waals surface area contributed by atoms with Crippen LogP contribution in [0.4, 0.5) is 13.2 Å². The maximum Gasteiger partial charge on any atom is 0.195 e. The van der Waals surface area contributed by atoms with Gasteiger partial charge in [-0.05, 0) is 19.2 Å². The Hall–Kier alpha value is -1.36. The molecule has 0 bridgehead atoms. The summed E-state index contributed by atoms with van der Waals surface area (Å²) in [7, 11) is 1.50. The van der Waals surface area contributed by atoms with Crippen molar-refractivity contribution in [2.24, 2.45) is 0 Å². The highest BCUT2D eigenvalue weighted by atomic mass is 19.2. The molecule has 1 aromatic rings. The zero-order valence-corrected chi connectivity index (χ0v) is 7.40. The molecule has 76 valence electrons. The van der Waals surface area contributed by atoms with Gasteiger partial charge in [-0.2, -0.15) is 0 Å². The van der Waals surface area contributed by atoms with Crippen molar-refractivity contribution in [1.82, 2.24) is 5.32 Å². The molecule has 5 heteroatoms. The number of carbonyl (C=O) groups is 1. The summed E-state index contributed by atoms with van der Waals surface area (Å²) in [4.78, 5) is 11.1. The van der Waals surface area contributed by atoms with Gasteiger partial charge in [-0.25, -0.2) is 13.2 Å². The van der Waals surface area contributed by atoms with Crippen molar-refractivity contribution in [1.29, 1.82) is 0 Å². The van der Waals surface area contributed by atoms with Crippen molar-refractivity contribution in [3.8, 4) is 0 Å². The summed E-state index contributed by atoms with van der Waals surface area (Å²) in [6, 6.07) is 1.65. The fraction of sp³-hybridized carbons (Fsp3) is 0.222. The van der Waals surface area contributed by atoms with E-state index in [4.69, 9.17) is 0 Å². The molecule has 2 nitrogen and oxygen atoms in total. The molecule has 1 N–H and O–H groups in total. The van der Waals surface area contributed by atoms with Crippen molar-refractivity contribution in [3.05, 3.63) is 35.1 Å². The largest absolute Gasteiger partial charge is 0.313 e. The van der Waals surface area contributed by atoms with Crippen LogP contribution in [0.15, 0.2) is 12.1 Å². The Kier molecular flexibility index (Phi) is 3.24. The predicted octanol–water partition coefficient (Wildman–Crippen LogP) is 1.51. The van der Waals surface area contributed by atoms with Crippen molar-refractivity contribution in [2.45, 2.75) is 0 Å². The quantitative estimate of drug-likeness (QED) is 0.596. The van der Waals surface area contributed by atoms with Crippen LogP contribution < -0.4 is 5.32 Å². The van der Waals surface area contributed by atoms with Crippen molar-refractivity contribution >= 4 is 5.78 Å². The van der Waals surface area contributed by atoms with Crippen LogP contribution in [0.5, 0.6) is 0 Å². The highest BCUT2D eigenvalue weighted by Gasteiger charge is 2.17. The van der Waals surface area contributed by atoms with Crippen LogP contribution >= 0.6 is 0 Å². The summed E-state index contributed by atoms with van der Waals surface area (Å²) in [5.41, 5.74) is -0.446. The molecule has 0 saturated carbocycles. The second-order valence-corrected chi connectivity index (χ2v) is 2.68. The van der Waals surface area contributed by atoms with Crippen molar-refractivity contribution in [2.75, 3.05) is 13.6 Å². The molecule has 0 atom stereocenters. The molecule has 1 rings (SSSR count). The van der Waals surface area contributed by atoms with Gasteiger partial charge in [-0.3, -0.25) is 4.79 Å². The van der Waals surface area contributed by atoms with Crippen LogP contribution in [0.25, 0.3) is 0 Å². The van der Waals surface area contributed by atoms with Crippen LogP contribution in [0, 0.1) is 17.5 Å². The first-order valence-electron chi connectivity index (χ1n) is 3.89. The number of likely N-dealkylation sites (N-methyl/N-ethyl adjacent to an activating group) is 1. The third-order valence-corrected chi connectivity index (χ3v) is 1.67. The smallest absolute Gasteiger partial charge is 0.195 e. The van der Waals surface area contributed by atoms with Crippen LogP contribution in [-0.4, -0.2) is 19.4 Å². The Labute approximate surface area is 78.7 Å². The highest BCUT2D eigenvalue weighted by molar-refractivity contribution is 5.97. The zero-order chi connectivity index (χ0) is 10.7. The summed E-state index contributed by atoms with van der Waals surface area (Å²) >= 11 is 0. The topological polar surface area (TPSA) is 29.1 Å². The minimum absolute atomic E-state index is 0.123. The lowest BCUT2D eigenvalue weighted by Gasteiger charge is -2.02. The molecule has 0 aliphatic rings. The monoisotopic (exact) mass is 203 g/mol. The average molecular weight is 203 g/mol. The van der Waals surface area contributed by atoms with E-state index < -0.39 is 28.8 Å². The first-order chi connectivity index (χ1) is 6.57. The third-order valence-electron chi connectivity index (χ3n) is 1.67. The summed E-state index contributed by atoms with van der Waals surface area (Å²) in [5, 5.41) is 2.49. The minimum atomic E-state index is -1.62. The third kappa shape index (κ3) is 1.93. The molecule has 0 unspecified atom stereocenters. The Balaban J connectivity index is 3.11. The van der Waals surface area contributed by atoms with E-state index in [0.29, 0.717) is 0 Å². The second-order valence-electron chi connectivity index (χ2n) is 2.68. The molecular formula is C9H8F3NO. The Bertz CT molecular complexity index is 365. The number of hydrogen-bond acceptors (Lipinski definition) is 2. The summed E-state index contributed by atoms with van der Waals surface area (Å²) in [6.07, 6.45) is 0. The molecular weight excluding hydrogens is 195 g/mol. The Morgan fingerprint density at radius 2 is 1.93 bits per heavy atom. The number of Topliss-reactive ketones (excluding diaryl/α,β-unsaturated/α-hetero) is 1. The molecule has 0 radical (unpaired) electrons. The zero-order valence-electron chi connectivity index (χ0n) is 7.40. The van der Waals surface area contributed by atoms with E-state index in [9.17, 15) is 18.0 Å². The number of carbonyl (C=O) groups excluding carboxylic acids is 1. The van der Waals surface area contributed by atoms with Crippen LogP contribution in [0.3, 0.4) is 0 Å². The summed E-state index contributed by atoms with van der Waals surface area (Å²) in [6.45, 7) is -0.123. The van der Waals surface area contributed by atoms with Gasteiger partial charge in [0.25, 0.3) is 0 Å². The number of halogens is 3. The fourth-order valence-electron chi connectivity index (χ4n) is 0.997. The Morgan fingerprint density at radius 1 is 1.29 bits per heavy atom. The van der Waals surface area contributed by atoms with E-state index in [1.165, 1.54) is 7.05 Å². The molecule has 0 heterocycles. The van der Waals surface area contributed by atoms with Gasteiger partial charge in [0.2, 0.25) is 0 Å². The van der Waals surface area contributed by atoms with Gasteiger partial charge in [0, 0.05) is 0 Å². The van der Waals surface area contributed by atoms with E-state index >= 15 is 0 Å². The van der Waals surface area contributed by atoms with E-state index in [0.717, 1.165) is 12.1 Å². The highest BCUT2D eigenvalue weighted by Crippen LogP contribution is 2.15. The number of nitrogens with one attached hydrogen (secondary N) is 1. The van der Waals surface area contributed by atoms with Gasteiger partial charge in [0.1, 0.15) is 0 Å². The maximum absolute atomic E-state index is 13.0. The lowest BCUT2D eigenvalue weighted by molar-refractivity contribution is 0.0988. The first-order valence-corrected chi connectivity index (χ1v) is 3.89. The van der Waals surface area contributed by atoms with E-state index in [-0.39, 0.29) is 6.54 Å². The molecule has 1 aromatic carbocycles. The molecule has 0 aromatic heterocycles. The van der Waals surface area contributed by atoms with Crippen LogP contribution in [0.2, 0.25) is 0 Å². The molecule has 0 fully saturated rings. The normalized spacial score (nSPS) is 10.3. The molecule has 0 spiro atoms. The second kappa shape index (κ2) is 4.23. The molecule has 0 aliphatic heterocycles.